The molecule has 0 aromatic rings. The Hall–Kier alpha value is -0.410. The van der Waals surface area contributed by atoms with Crippen molar-refractivity contribution in [1.82, 2.24) is 5.32 Å². The van der Waals surface area contributed by atoms with Gasteiger partial charge >= 0.3 is 0 Å². The molecule has 0 radical (unpaired) electrons. The molecule has 3 nitrogen and oxygen atoms in total. The van der Waals surface area contributed by atoms with Gasteiger partial charge in [0.2, 0.25) is 5.29 Å². The van der Waals surface area contributed by atoms with Crippen molar-refractivity contribution in [2.75, 3.05) is 0 Å². The van der Waals surface area contributed by atoms with Crippen LogP contribution >= 0.6 is 11.6 Å². The maximum atomic E-state index is 5.71. The van der Waals surface area contributed by atoms with E-state index < -0.39 is 0 Å². The highest BCUT2D eigenvalue weighted by Gasteiger charge is 2.19. The molecule has 2 aliphatic rings. The molecule has 1 aliphatic carbocycles. The first-order valence-electron chi connectivity index (χ1n) is 4.86. The van der Waals surface area contributed by atoms with Crippen molar-refractivity contribution in [1.29, 1.82) is 0 Å². The summed E-state index contributed by atoms with van der Waals surface area (Å²) in [5, 5.41) is 3.86. The SMILES string of the molecule is ClC1=NC(NC2CCCC2)CC=N1. The maximum absolute atomic E-state index is 5.71. The summed E-state index contributed by atoms with van der Waals surface area (Å²) in [4.78, 5) is 8.12. The zero-order chi connectivity index (χ0) is 9.10. The van der Waals surface area contributed by atoms with E-state index >= 15 is 0 Å². The zero-order valence-electron chi connectivity index (χ0n) is 7.54. The minimum atomic E-state index is 0.160. The predicted molar refractivity (Wildman–Crippen MR) is 55.6 cm³/mol. The van der Waals surface area contributed by atoms with E-state index in [2.05, 4.69) is 15.3 Å². The van der Waals surface area contributed by atoms with Crippen molar-refractivity contribution in [3.05, 3.63) is 0 Å². The number of aliphatic imine (C=N–C) groups is 2. The van der Waals surface area contributed by atoms with Gasteiger partial charge in [0, 0.05) is 18.7 Å². The molecule has 0 aromatic heterocycles. The molecule has 2 rings (SSSR count). The minimum Gasteiger partial charge on any atom is -0.293 e. The summed E-state index contributed by atoms with van der Waals surface area (Å²) in [6.45, 7) is 0. The lowest BCUT2D eigenvalue weighted by Crippen LogP contribution is -2.37. The van der Waals surface area contributed by atoms with Gasteiger partial charge in [-0.2, -0.15) is 0 Å². The Bertz CT molecular complexity index is 231. The smallest absolute Gasteiger partial charge is 0.218 e. The molecule has 1 saturated carbocycles. The van der Waals surface area contributed by atoms with Gasteiger partial charge in [-0.1, -0.05) is 12.8 Å². The molecule has 0 spiro atoms. The topological polar surface area (TPSA) is 36.8 Å². The molecule has 13 heavy (non-hydrogen) atoms. The summed E-state index contributed by atoms with van der Waals surface area (Å²) >= 11 is 5.71. The molecular weight excluding hydrogens is 186 g/mol. The lowest BCUT2D eigenvalue weighted by molar-refractivity contribution is 0.447. The molecule has 4 heteroatoms. The molecule has 0 amide bonds. The van der Waals surface area contributed by atoms with Crippen LogP contribution in [0.5, 0.6) is 0 Å². The molecule has 0 saturated heterocycles. The van der Waals surface area contributed by atoms with Gasteiger partial charge in [-0.15, -0.1) is 0 Å². The van der Waals surface area contributed by atoms with E-state index in [9.17, 15) is 0 Å². The summed E-state index contributed by atoms with van der Waals surface area (Å²) in [5.41, 5.74) is 0. The quantitative estimate of drug-likeness (QED) is 0.678. The second-order valence-corrected chi connectivity index (χ2v) is 3.95. The Morgan fingerprint density at radius 1 is 1.38 bits per heavy atom. The van der Waals surface area contributed by atoms with Gasteiger partial charge in [0.25, 0.3) is 0 Å². The summed E-state index contributed by atoms with van der Waals surface area (Å²) < 4.78 is 0. The highest BCUT2D eigenvalue weighted by Crippen LogP contribution is 2.19. The van der Waals surface area contributed by atoms with Crippen LogP contribution < -0.4 is 5.32 Å². The molecule has 1 fully saturated rings. The third-order valence-electron chi connectivity index (χ3n) is 2.57. The average Bonchev–Trinajstić information content (AvgIpc) is 2.57. The molecule has 72 valence electrons. The molecule has 1 aliphatic heterocycles. The Labute approximate surface area is 83.3 Å². The van der Waals surface area contributed by atoms with Crippen molar-refractivity contribution >= 4 is 23.1 Å². The highest BCUT2D eigenvalue weighted by atomic mass is 35.5. The lowest BCUT2D eigenvalue weighted by Gasteiger charge is -2.19. The third kappa shape index (κ3) is 2.51. The Morgan fingerprint density at radius 3 is 2.85 bits per heavy atom. The average molecular weight is 200 g/mol. The second kappa shape index (κ2) is 4.20. The molecule has 1 atom stereocenters. The first kappa shape index (κ1) is 9.16. The molecule has 0 bridgehead atoms. The number of nitrogens with one attached hydrogen (secondary N) is 1. The van der Waals surface area contributed by atoms with Crippen molar-refractivity contribution in [2.45, 2.75) is 44.3 Å². The number of halogens is 1. The normalized spacial score (nSPS) is 29.3. The summed E-state index contributed by atoms with van der Waals surface area (Å²) in [7, 11) is 0. The van der Waals surface area contributed by atoms with E-state index in [0.29, 0.717) is 11.3 Å². The standard InChI is InChI=1S/C9H14ClN3/c10-9-11-6-5-8(13-9)12-7-3-1-2-4-7/h6-8,12H,1-5H2. The van der Waals surface area contributed by atoms with Gasteiger partial charge in [-0.25, -0.2) is 9.98 Å². The molecule has 1 unspecified atom stereocenters. The van der Waals surface area contributed by atoms with Gasteiger partial charge in [0.1, 0.15) is 6.17 Å². The molecule has 1 N–H and O–H groups in total. The second-order valence-electron chi connectivity index (χ2n) is 3.61. The Balaban J connectivity index is 1.84. The van der Waals surface area contributed by atoms with Crippen LogP contribution in [0.3, 0.4) is 0 Å². The Morgan fingerprint density at radius 2 is 2.15 bits per heavy atom. The van der Waals surface area contributed by atoms with Gasteiger partial charge < -0.3 is 0 Å². The van der Waals surface area contributed by atoms with Crippen molar-refractivity contribution < 1.29 is 0 Å². The third-order valence-corrected chi connectivity index (χ3v) is 2.77. The number of hydrogen-bond acceptors (Lipinski definition) is 3. The van der Waals surface area contributed by atoms with E-state index in [0.717, 1.165) is 6.42 Å². The molecule has 1 heterocycles. The number of amidine groups is 1. The summed E-state index contributed by atoms with van der Waals surface area (Å²) in [5.74, 6) is 0. The van der Waals surface area contributed by atoms with Crippen LogP contribution in [0.2, 0.25) is 0 Å². The van der Waals surface area contributed by atoms with Crippen molar-refractivity contribution in [3.8, 4) is 0 Å². The first-order valence-corrected chi connectivity index (χ1v) is 5.24. The number of nitrogens with zero attached hydrogens (tertiary/aromatic N) is 2. The zero-order valence-corrected chi connectivity index (χ0v) is 8.30. The van der Waals surface area contributed by atoms with Crippen LogP contribution in [-0.2, 0) is 0 Å². The molecule has 0 aromatic carbocycles. The van der Waals surface area contributed by atoms with E-state index in [1.165, 1.54) is 25.7 Å². The largest absolute Gasteiger partial charge is 0.293 e. The van der Waals surface area contributed by atoms with Crippen molar-refractivity contribution in [2.24, 2.45) is 9.98 Å². The Kier molecular flexibility index (Phi) is 2.96. The van der Waals surface area contributed by atoms with E-state index in [4.69, 9.17) is 11.6 Å². The summed E-state index contributed by atoms with van der Waals surface area (Å²) in [6, 6.07) is 0.643. The number of rotatable bonds is 2. The maximum Gasteiger partial charge on any atom is 0.218 e. The predicted octanol–water partition coefficient (Wildman–Crippen LogP) is 1.91. The molecular formula is C9H14ClN3. The fourth-order valence-corrected chi connectivity index (χ4v) is 2.10. The fourth-order valence-electron chi connectivity index (χ4n) is 1.91. The minimum absolute atomic E-state index is 0.160. The van der Waals surface area contributed by atoms with Crippen LogP contribution in [0.25, 0.3) is 0 Å². The number of hydrogen-bond donors (Lipinski definition) is 1. The lowest BCUT2D eigenvalue weighted by atomic mass is 10.2. The fraction of sp³-hybridized carbons (Fsp3) is 0.778. The first-order chi connectivity index (χ1) is 6.34. The van der Waals surface area contributed by atoms with E-state index in [1.54, 1.807) is 0 Å². The van der Waals surface area contributed by atoms with Crippen LogP contribution in [0.15, 0.2) is 9.98 Å². The van der Waals surface area contributed by atoms with Gasteiger partial charge in [0.05, 0.1) is 0 Å². The van der Waals surface area contributed by atoms with Gasteiger partial charge in [-0.3, -0.25) is 5.32 Å². The summed E-state index contributed by atoms with van der Waals surface area (Å²) in [6.07, 6.45) is 8.11. The van der Waals surface area contributed by atoms with Crippen LogP contribution in [0.1, 0.15) is 32.1 Å². The van der Waals surface area contributed by atoms with Crippen LogP contribution in [-0.4, -0.2) is 23.7 Å². The van der Waals surface area contributed by atoms with Gasteiger partial charge in [-0.05, 0) is 24.4 Å². The highest BCUT2D eigenvalue weighted by molar-refractivity contribution is 6.65. The van der Waals surface area contributed by atoms with Crippen LogP contribution in [0, 0.1) is 0 Å². The van der Waals surface area contributed by atoms with E-state index in [-0.39, 0.29) is 6.17 Å². The van der Waals surface area contributed by atoms with E-state index in [1.807, 2.05) is 6.21 Å². The van der Waals surface area contributed by atoms with Crippen molar-refractivity contribution in [3.63, 3.8) is 0 Å². The van der Waals surface area contributed by atoms with Crippen LogP contribution in [0.4, 0.5) is 0 Å². The van der Waals surface area contributed by atoms with Gasteiger partial charge in [0.15, 0.2) is 0 Å². The monoisotopic (exact) mass is 199 g/mol.